The number of hydrogen-bond acceptors (Lipinski definition) is 3. The SMILES string of the molecule is CNC(=O)C1(C)CCN(C(=O)c2ccc(C)c(O)c2)C1. The number of likely N-dealkylation sites (tertiary alicyclic amines) is 1. The standard InChI is InChI=1S/C15H20N2O3/c1-10-4-5-11(8-12(10)18)13(19)17-7-6-15(2,9-17)14(20)16-3/h4-5,8,18H,6-7,9H2,1-3H3,(H,16,20). The summed E-state index contributed by atoms with van der Waals surface area (Å²) in [5.74, 6) is -0.0726. The summed E-state index contributed by atoms with van der Waals surface area (Å²) in [6, 6.07) is 4.90. The lowest BCUT2D eigenvalue weighted by molar-refractivity contribution is -0.128. The molecule has 0 aromatic heterocycles. The average molecular weight is 276 g/mol. The first-order valence-corrected chi connectivity index (χ1v) is 6.68. The van der Waals surface area contributed by atoms with Crippen molar-refractivity contribution in [1.82, 2.24) is 10.2 Å². The maximum atomic E-state index is 12.4. The van der Waals surface area contributed by atoms with Crippen molar-refractivity contribution < 1.29 is 14.7 Å². The number of carbonyl (C=O) groups excluding carboxylic acids is 2. The zero-order valence-electron chi connectivity index (χ0n) is 12.1. The molecule has 2 rings (SSSR count). The third-order valence-electron chi connectivity index (χ3n) is 3.99. The van der Waals surface area contributed by atoms with Crippen LogP contribution in [0.5, 0.6) is 5.75 Å². The van der Waals surface area contributed by atoms with E-state index < -0.39 is 5.41 Å². The molecule has 5 heteroatoms. The predicted octanol–water partition coefficient (Wildman–Crippen LogP) is 1.30. The fourth-order valence-electron chi connectivity index (χ4n) is 2.55. The van der Waals surface area contributed by atoms with Crippen LogP contribution in [0.1, 0.15) is 29.3 Å². The molecule has 1 saturated heterocycles. The molecule has 20 heavy (non-hydrogen) atoms. The van der Waals surface area contributed by atoms with Crippen molar-refractivity contribution >= 4 is 11.8 Å². The van der Waals surface area contributed by atoms with E-state index in [1.54, 1.807) is 31.0 Å². The van der Waals surface area contributed by atoms with E-state index in [4.69, 9.17) is 0 Å². The normalized spacial score (nSPS) is 21.9. The molecule has 0 saturated carbocycles. The molecule has 1 heterocycles. The number of phenols is 1. The second-order valence-electron chi connectivity index (χ2n) is 5.62. The average Bonchev–Trinajstić information content (AvgIpc) is 2.84. The summed E-state index contributed by atoms with van der Waals surface area (Å²) in [5, 5.41) is 12.3. The first-order chi connectivity index (χ1) is 9.37. The molecule has 0 spiro atoms. The molecule has 1 unspecified atom stereocenters. The van der Waals surface area contributed by atoms with Crippen LogP contribution in [-0.4, -0.2) is 42.0 Å². The maximum absolute atomic E-state index is 12.4. The fraction of sp³-hybridized carbons (Fsp3) is 0.467. The third kappa shape index (κ3) is 2.48. The van der Waals surface area contributed by atoms with E-state index >= 15 is 0 Å². The van der Waals surface area contributed by atoms with E-state index in [2.05, 4.69) is 5.32 Å². The lowest BCUT2D eigenvalue weighted by atomic mass is 9.89. The van der Waals surface area contributed by atoms with Crippen molar-refractivity contribution in [3.05, 3.63) is 29.3 Å². The second-order valence-corrected chi connectivity index (χ2v) is 5.62. The van der Waals surface area contributed by atoms with Gasteiger partial charge in [-0.15, -0.1) is 0 Å². The van der Waals surface area contributed by atoms with Crippen molar-refractivity contribution in [3.8, 4) is 5.75 Å². The van der Waals surface area contributed by atoms with Crippen molar-refractivity contribution in [2.45, 2.75) is 20.3 Å². The minimum atomic E-state index is -0.531. The van der Waals surface area contributed by atoms with Gasteiger partial charge in [-0.3, -0.25) is 9.59 Å². The van der Waals surface area contributed by atoms with E-state index in [0.29, 0.717) is 25.1 Å². The molecular weight excluding hydrogens is 256 g/mol. The summed E-state index contributed by atoms with van der Waals surface area (Å²) in [6.07, 6.45) is 0.649. The number of aromatic hydroxyl groups is 1. The Labute approximate surface area is 118 Å². The van der Waals surface area contributed by atoms with Crippen molar-refractivity contribution in [2.75, 3.05) is 20.1 Å². The highest BCUT2D eigenvalue weighted by atomic mass is 16.3. The molecule has 1 aliphatic heterocycles. The van der Waals surface area contributed by atoms with Crippen molar-refractivity contribution in [1.29, 1.82) is 0 Å². The summed E-state index contributed by atoms with van der Waals surface area (Å²) in [5.41, 5.74) is 0.657. The predicted molar refractivity (Wildman–Crippen MR) is 75.5 cm³/mol. The number of benzene rings is 1. The van der Waals surface area contributed by atoms with Gasteiger partial charge >= 0.3 is 0 Å². The van der Waals surface area contributed by atoms with E-state index in [9.17, 15) is 14.7 Å². The van der Waals surface area contributed by atoms with E-state index in [1.165, 1.54) is 6.07 Å². The highest BCUT2D eigenvalue weighted by molar-refractivity contribution is 5.95. The van der Waals surface area contributed by atoms with Gasteiger partial charge in [0.15, 0.2) is 0 Å². The smallest absolute Gasteiger partial charge is 0.254 e. The monoisotopic (exact) mass is 276 g/mol. The topological polar surface area (TPSA) is 69.6 Å². The first kappa shape index (κ1) is 14.4. The molecule has 1 atom stereocenters. The molecule has 1 aromatic rings. The molecule has 1 aromatic carbocycles. The zero-order chi connectivity index (χ0) is 14.9. The largest absolute Gasteiger partial charge is 0.508 e. The molecule has 1 aliphatic rings. The maximum Gasteiger partial charge on any atom is 0.254 e. The van der Waals surface area contributed by atoms with Crippen LogP contribution in [0, 0.1) is 12.3 Å². The summed E-state index contributed by atoms with van der Waals surface area (Å²) in [6.45, 7) is 4.60. The second kappa shape index (κ2) is 5.15. The van der Waals surface area contributed by atoms with Crippen molar-refractivity contribution in [3.63, 3.8) is 0 Å². The van der Waals surface area contributed by atoms with Crippen LogP contribution in [-0.2, 0) is 4.79 Å². The Morgan fingerprint density at radius 2 is 2.10 bits per heavy atom. The molecule has 2 N–H and O–H groups in total. The highest BCUT2D eigenvalue weighted by Crippen LogP contribution is 2.31. The van der Waals surface area contributed by atoms with E-state index in [-0.39, 0.29) is 17.6 Å². The summed E-state index contributed by atoms with van der Waals surface area (Å²) >= 11 is 0. The minimum Gasteiger partial charge on any atom is -0.508 e. The van der Waals surface area contributed by atoms with Gasteiger partial charge in [0.1, 0.15) is 5.75 Å². The molecule has 2 amide bonds. The Bertz CT molecular complexity index is 556. The van der Waals surface area contributed by atoms with E-state index in [1.807, 2.05) is 6.92 Å². The van der Waals surface area contributed by atoms with Gasteiger partial charge in [0.25, 0.3) is 5.91 Å². The Morgan fingerprint density at radius 1 is 1.40 bits per heavy atom. The van der Waals surface area contributed by atoms with E-state index in [0.717, 1.165) is 5.56 Å². The molecular formula is C15H20N2O3. The molecule has 0 aliphatic carbocycles. The van der Waals surface area contributed by atoms with Crippen LogP contribution in [0.25, 0.3) is 0 Å². The van der Waals surface area contributed by atoms with Gasteiger partial charge in [-0.2, -0.15) is 0 Å². The number of aryl methyl sites for hydroxylation is 1. The van der Waals surface area contributed by atoms with Gasteiger partial charge in [0.2, 0.25) is 5.91 Å². The molecule has 0 bridgehead atoms. The molecule has 108 valence electrons. The van der Waals surface area contributed by atoms with Crippen molar-refractivity contribution in [2.24, 2.45) is 5.41 Å². The Balaban J connectivity index is 2.15. The highest BCUT2D eigenvalue weighted by Gasteiger charge is 2.41. The van der Waals surface area contributed by atoms with Crippen LogP contribution in [0.2, 0.25) is 0 Å². The number of nitrogens with zero attached hydrogens (tertiary/aromatic N) is 1. The van der Waals surface area contributed by atoms with Crippen LogP contribution < -0.4 is 5.32 Å². The van der Waals surface area contributed by atoms with Crippen LogP contribution in [0.15, 0.2) is 18.2 Å². The van der Waals surface area contributed by atoms with Gasteiger partial charge in [0, 0.05) is 25.7 Å². The van der Waals surface area contributed by atoms with Crippen LogP contribution in [0.4, 0.5) is 0 Å². The lowest BCUT2D eigenvalue weighted by Gasteiger charge is -2.22. The van der Waals surface area contributed by atoms with Gasteiger partial charge in [-0.05, 0) is 38.0 Å². The minimum absolute atomic E-state index is 0.0421. The van der Waals surface area contributed by atoms with Gasteiger partial charge < -0.3 is 15.3 Å². The Hall–Kier alpha value is -2.04. The summed E-state index contributed by atoms with van der Waals surface area (Å²) in [4.78, 5) is 25.9. The summed E-state index contributed by atoms with van der Waals surface area (Å²) in [7, 11) is 1.61. The van der Waals surface area contributed by atoms with Gasteiger partial charge in [0.05, 0.1) is 5.41 Å². The summed E-state index contributed by atoms with van der Waals surface area (Å²) < 4.78 is 0. The number of rotatable bonds is 2. The fourth-order valence-corrected chi connectivity index (χ4v) is 2.55. The molecule has 5 nitrogen and oxygen atoms in total. The molecule has 1 fully saturated rings. The number of hydrogen-bond donors (Lipinski definition) is 2. The zero-order valence-corrected chi connectivity index (χ0v) is 12.1. The first-order valence-electron chi connectivity index (χ1n) is 6.68. The number of phenolic OH excluding ortho intramolecular Hbond substituents is 1. The van der Waals surface area contributed by atoms with Crippen LogP contribution in [0.3, 0.4) is 0 Å². The lowest BCUT2D eigenvalue weighted by Crippen LogP contribution is -2.40. The quantitative estimate of drug-likeness (QED) is 0.855. The Kier molecular flexibility index (Phi) is 3.70. The molecule has 0 radical (unpaired) electrons. The van der Waals surface area contributed by atoms with Crippen LogP contribution >= 0.6 is 0 Å². The Morgan fingerprint density at radius 3 is 2.70 bits per heavy atom. The van der Waals surface area contributed by atoms with Gasteiger partial charge in [-0.25, -0.2) is 0 Å². The third-order valence-corrected chi connectivity index (χ3v) is 3.99. The van der Waals surface area contributed by atoms with Gasteiger partial charge in [-0.1, -0.05) is 6.07 Å². The number of carbonyl (C=O) groups is 2. The number of nitrogens with one attached hydrogen (secondary N) is 1. The number of amides is 2.